The van der Waals surface area contributed by atoms with E-state index in [-0.39, 0.29) is 18.1 Å². The van der Waals surface area contributed by atoms with Crippen molar-refractivity contribution in [3.8, 4) is 5.75 Å². The van der Waals surface area contributed by atoms with Gasteiger partial charge in [-0.2, -0.15) is 5.10 Å². The molecule has 0 unspecified atom stereocenters. The minimum Gasteiger partial charge on any atom is -0.507 e. The average molecular weight is 296 g/mol. The highest BCUT2D eigenvalue weighted by Crippen LogP contribution is 2.15. The molecule has 22 heavy (non-hydrogen) atoms. The Hall–Kier alpha value is -2.62. The van der Waals surface area contributed by atoms with E-state index in [1.165, 1.54) is 6.21 Å². The van der Waals surface area contributed by atoms with Crippen LogP contribution in [0.5, 0.6) is 5.75 Å². The quantitative estimate of drug-likeness (QED) is 0.673. The standard InChI is InChI=1S/C18H20N2O2/c1-12-4-6-14(3)15(8-12)10-18(22)20-19-11-16-9-13(2)5-7-17(16)21/h4-9,11,21H,10H2,1-3H3,(H,20,22)/b19-11+. The van der Waals surface area contributed by atoms with Crippen LogP contribution in [-0.2, 0) is 11.2 Å². The number of carbonyl (C=O) groups is 1. The topological polar surface area (TPSA) is 61.7 Å². The third-order valence-corrected chi connectivity index (χ3v) is 3.43. The van der Waals surface area contributed by atoms with E-state index >= 15 is 0 Å². The lowest BCUT2D eigenvalue weighted by molar-refractivity contribution is -0.120. The molecule has 0 bridgehead atoms. The number of nitrogens with one attached hydrogen (secondary N) is 1. The Labute approximate surface area is 130 Å². The molecule has 0 atom stereocenters. The maximum Gasteiger partial charge on any atom is 0.244 e. The minimum absolute atomic E-state index is 0.137. The highest BCUT2D eigenvalue weighted by Gasteiger charge is 2.05. The van der Waals surface area contributed by atoms with Gasteiger partial charge in [0.2, 0.25) is 5.91 Å². The largest absolute Gasteiger partial charge is 0.507 e. The van der Waals surface area contributed by atoms with Crippen molar-refractivity contribution in [3.05, 3.63) is 64.2 Å². The van der Waals surface area contributed by atoms with Gasteiger partial charge in [0.1, 0.15) is 5.75 Å². The fourth-order valence-electron chi connectivity index (χ4n) is 2.15. The summed E-state index contributed by atoms with van der Waals surface area (Å²) in [6.45, 7) is 5.91. The molecule has 0 aliphatic carbocycles. The number of benzene rings is 2. The molecule has 2 aromatic carbocycles. The first-order valence-corrected chi connectivity index (χ1v) is 7.13. The summed E-state index contributed by atoms with van der Waals surface area (Å²) in [7, 11) is 0. The molecule has 0 radical (unpaired) electrons. The van der Waals surface area contributed by atoms with E-state index in [0.29, 0.717) is 5.56 Å². The van der Waals surface area contributed by atoms with Gasteiger partial charge < -0.3 is 5.11 Å². The van der Waals surface area contributed by atoms with Gasteiger partial charge in [-0.25, -0.2) is 5.43 Å². The van der Waals surface area contributed by atoms with Gasteiger partial charge in [-0.1, -0.05) is 35.4 Å². The van der Waals surface area contributed by atoms with Gasteiger partial charge >= 0.3 is 0 Å². The second-order valence-corrected chi connectivity index (χ2v) is 5.46. The second-order valence-electron chi connectivity index (χ2n) is 5.46. The summed E-state index contributed by atoms with van der Waals surface area (Å²) in [6.07, 6.45) is 1.73. The number of aromatic hydroxyl groups is 1. The summed E-state index contributed by atoms with van der Waals surface area (Å²) in [5.74, 6) is -0.0461. The molecular formula is C18H20N2O2. The maximum atomic E-state index is 11.9. The van der Waals surface area contributed by atoms with Crippen LogP contribution in [0.2, 0.25) is 0 Å². The number of phenols is 1. The lowest BCUT2D eigenvalue weighted by atomic mass is 10.0. The molecule has 0 aliphatic heterocycles. The molecule has 0 spiro atoms. The summed E-state index contributed by atoms with van der Waals surface area (Å²) < 4.78 is 0. The zero-order valence-electron chi connectivity index (χ0n) is 13.1. The van der Waals surface area contributed by atoms with Gasteiger partial charge in [-0.05, 0) is 44.0 Å². The van der Waals surface area contributed by atoms with Gasteiger partial charge in [-0.15, -0.1) is 0 Å². The fourth-order valence-corrected chi connectivity index (χ4v) is 2.15. The van der Waals surface area contributed by atoms with Gasteiger partial charge in [-0.3, -0.25) is 4.79 Å². The Balaban J connectivity index is 1.99. The van der Waals surface area contributed by atoms with E-state index in [4.69, 9.17) is 0 Å². The Morgan fingerprint density at radius 1 is 1.14 bits per heavy atom. The molecular weight excluding hydrogens is 276 g/mol. The molecule has 4 nitrogen and oxygen atoms in total. The normalized spacial score (nSPS) is 10.9. The van der Waals surface area contributed by atoms with Gasteiger partial charge in [0.25, 0.3) is 0 Å². The number of rotatable bonds is 4. The van der Waals surface area contributed by atoms with Crippen LogP contribution in [0.4, 0.5) is 0 Å². The summed E-state index contributed by atoms with van der Waals surface area (Å²) in [6, 6.07) is 11.3. The van der Waals surface area contributed by atoms with Crippen molar-refractivity contribution in [2.24, 2.45) is 5.10 Å². The highest BCUT2D eigenvalue weighted by molar-refractivity contribution is 5.85. The summed E-state index contributed by atoms with van der Waals surface area (Å²) >= 11 is 0. The SMILES string of the molecule is Cc1ccc(O)c(/C=N/NC(=O)Cc2cc(C)ccc2C)c1. The van der Waals surface area contributed by atoms with E-state index in [1.807, 2.05) is 45.0 Å². The lowest BCUT2D eigenvalue weighted by Gasteiger charge is -2.06. The number of carbonyl (C=O) groups excluding carboxylic acids is 1. The number of amides is 1. The zero-order chi connectivity index (χ0) is 16.1. The highest BCUT2D eigenvalue weighted by atomic mass is 16.3. The van der Waals surface area contributed by atoms with Gasteiger partial charge in [0.05, 0.1) is 12.6 Å². The second kappa shape index (κ2) is 6.89. The van der Waals surface area contributed by atoms with E-state index < -0.39 is 0 Å². The zero-order valence-corrected chi connectivity index (χ0v) is 13.1. The van der Waals surface area contributed by atoms with Crippen LogP contribution in [0.25, 0.3) is 0 Å². The van der Waals surface area contributed by atoms with E-state index in [0.717, 1.165) is 22.3 Å². The number of hydrogen-bond acceptors (Lipinski definition) is 3. The Morgan fingerprint density at radius 3 is 2.59 bits per heavy atom. The van der Waals surface area contributed by atoms with Crippen LogP contribution in [-0.4, -0.2) is 17.2 Å². The average Bonchev–Trinajstić information content (AvgIpc) is 2.46. The molecule has 2 N–H and O–H groups in total. The number of hydrazone groups is 1. The van der Waals surface area contributed by atoms with Crippen LogP contribution in [0.3, 0.4) is 0 Å². The predicted octanol–water partition coefficient (Wildman–Crippen LogP) is 3.01. The van der Waals surface area contributed by atoms with Crippen molar-refractivity contribution in [1.82, 2.24) is 5.43 Å². The Bertz CT molecular complexity index is 721. The monoisotopic (exact) mass is 296 g/mol. The molecule has 2 rings (SSSR count). The number of aryl methyl sites for hydroxylation is 3. The van der Waals surface area contributed by atoms with Crippen LogP contribution in [0.15, 0.2) is 41.5 Å². The third kappa shape index (κ3) is 4.19. The first-order chi connectivity index (χ1) is 10.5. The predicted molar refractivity (Wildman–Crippen MR) is 88.2 cm³/mol. The molecule has 0 aliphatic rings. The summed E-state index contributed by atoms with van der Waals surface area (Å²) in [4.78, 5) is 11.9. The molecule has 2 aromatic rings. The fraction of sp³-hybridized carbons (Fsp3) is 0.222. The Morgan fingerprint density at radius 2 is 1.82 bits per heavy atom. The van der Waals surface area contributed by atoms with Crippen LogP contribution in [0.1, 0.15) is 27.8 Å². The van der Waals surface area contributed by atoms with Crippen molar-refractivity contribution < 1.29 is 9.90 Å². The van der Waals surface area contributed by atoms with Crippen molar-refractivity contribution in [2.45, 2.75) is 27.2 Å². The first kappa shape index (κ1) is 15.8. The number of phenolic OH excluding ortho intramolecular Hbond substituents is 1. The van der Waals surface area contributed by atoms with Crippen molar-refractivity contribution in [2.75, 3.05) is 0 Å². The molecule has 0 heterocycles. The van der Waals surface area contributed by atoms with Crippen LogP contribution >= 0.6 is 0 Å². The van der Waals surface area contributed by atoms with Crippen LogP contribution in [0, 0.1) is 20.8 Å². The summed E-state index contributed by atoms with van der Waals surface area (Å²) in [5.41, 5.74) is 7.29. The molecule has 114 valence electrons. The molecule has 0 fully saturated rings. The van der Waals surface area contributed by atoms with Crippen molar-refractivity contribution >= 4 is 12.1 Å². The third-order valence-electron chi connectivity index (χ3n) is 3.43. The molecule has 0 aromatic heterocycles. The molecule has 0 saturated heterocycles. The minimum atomic E-state index is -0.183. The van der Waals surface area contributed by atoms with Crippen LogP contribution < -0.4 is 5.43 Å². The number of hydrogen-bond donors (Lipinski definition) is 2. The molecule has 1 amide bonds. The van der Waals surface area contributed by atoms with Gasteiger partial charge in [0, 0.05) is 5.56 Å². The van der Waals surface area contributed by atoms with E-state index in [9.17, 15) is 9.90 Å². The van der Waals surface area contributed by atoms with E-state index in [2.05, 4.69) is 10.5 Å². The van der Waals surface area contributed by atoms with E-state index in [1.54, 1.807) is 12.1 Å². The maximum absolute atomic E-state index is 11.9. The smallest absolute Gasteiger partial charge is 0.244 e. The Kier molecular flexibility index (Phi) is 4.94. The van der Waals surface area contributed by atoms with Crippen molar-refractivity contribution in [3.63, 3.8) is 0 Å². The molecule has 4 heteroatoms. The van der Waals surface area contributed by atoms with Gasteiger partial charge in [0.15, 0.2) is 0 Å². The number of nitrogens with zero attached hydrogens (tertiary/aromatic N) is 1. The molecule has 0 saturated carbocycles. The first-order valence-electron chi connectivity index (χ1n) is 7.13. The summed E-state index contributed by atoms with van der Waals surface area (Å²) in [5, 5.41) is 13.6. The lowest BCUT2D eigenvalue weighted by Crippen LogP contribution is -2.20. The van der Waals surface area contributed by atoms with Crippen molar-refractivity contribution in [1.29, 1.82) is 0 Å².